The summed E-state index contributed by atoms with van der Waals surface area (Å²) in [5, 5.41) is 0. The third-order valence-electron chi connectivity index (χ3n) is 3.12. The van der Waals surface area contributed by atoms with Crippen molar-refractivity contribution in [2.75, 3.05) is 0 Å². The Morgan fingerprint density at radius 2 is 1.95 bits per heavy atom. The molecule has 3 heterocycles. The SMILES string of the molecule is CC(C)Cc1nc(-c2ccccn2)c2ccccn12. The lowest BCUT2D eigenvalue weighted by Gasteiger charge is -2.02. The van der Waals surface area contributed by atoms with Crippen molar-refractivity contribution in [3.8, 4) is 11.4 Å². The zero-order valence-corrected chi connectivity index (χ0v) is 11.2. The summed E-state index contributed by atoms with van der Waals surface area (Å²) in [6.45, 7) is 4.43. The average molecular weight is 251 g/mol. The minimum Gasteiger partial charge on any atom is -0.303 e. The molecule has 3 aromatic rings. The van der Waals surface area contributed by atoms with Gasteiger partial charge in [0.05, 0.1) is 11.2 Å². The number of pyridine rings is 2. The highest BCUT2D eigenvalue weighted by atomic mass is 15.0. The zero-order valence-electron chi connectivity index (χ0n) is 11.2. The molecule has 0 atom stereocenters. The van der Waals surface area contributed by atoms with Crippen molar-refractivity contribution < 1.29 is 0 Å². The number of rotatable bonds is 3. The molecule has 0 spiro atoms. The predicted molar refractivity (Wildman–Crippen MR) is 77.0 cm³/mol. The van der Waals surface area contributed by atoms with E-state index in [1.54, 1.807) is 0 Å². The molecule has 0 fully saturated rings. The highest BCUT2D eigenvalue weighted by molar-refractivity contribution is 5.75. The Kier molecular flexibility index (Phi) is 3.03. The monoisotopic (exact) mass is 251 g/mol. The van der Waals surface area contributed by atoms with Gasteiger partial charge in [0.25, 0.3) is 0 Å². The van der Waals surface area contributed by atoms with Crippen LogP contribution in [0.25, 0.3) is 16.9 Å². The first kappa shape index (κ1) is 11.9. The van der Waals surface area contributed by atoms with Crippen molar-refractivity contribution in [3.05, 3.63) is 54.6 Å². The van der Waals surface area contributed by atoms with E-state index in [9.17, 15) is 0 Å². The summed E-state index contributed by atoms with van der Waals surface area (Å²) in [5.41, 5.74) is 3.02. The summed E-state index contributed by atoms with van der Waals surface area (Å²) < 4.78 is 2.17. The van der Waals surface area contributed by atoms with Crippen LogP contribution in [0.1, 0.15) is 19.7 Å². The molecule has 3 aromatic heterocycles. The molecule has 3 nitrogen and oxygen atoms in total. The molecule has 0 amide bonds. The Morgan fingerprint density at radius 1 is 1.11 bits per heavy atom. The van der Waals surface area contributed by atoms with Crippen molar-refractivity contribution in [2.45, 2.75) is 20.3 Å². The van der Waals surface area contributed by atoms with E-state index in [-0.39, 0.29) is 0 Å². The largest absolute Gasteiger partial charge is 0.303 e. The Balaban J connectivity index is 2.20. The van der Waals surface area contributed by atoms with Gasteiger partial charge in [0.15, 0.2) is 0 Å². The number of aromatic nitrogens is 3. The second kappa shape index (κ2) is 4.84. The number of hydrogen-bond acceptors (Lipinski definition) is 2. The quantitative estimate of drug-likeness (QED) is 0.712. The van der Waals surface area contributed by atoms with Gasteiger partial charge in [0.1, 0.15) is 11.5 Å². The molecule has 0 unspecified atom stereocenters. The molecule has 0 aliphatic carbocycles. The molecule has 0 aliphatic heterocycles. The standard InChI is InChI=1S/C16H17N3/c1-12(2)11-15-18-16(13-7-3-5-9-17-13)14-8-4-6-10-19(14)15/h3-10,12H,11H2,1-2H3. The van der Waals surface area contributed by atoms with Crippen LogP contribution in [0.4, 0.5) is 0 Å². The number of fused-ring (bicyclic) bond motifs is 1. The first-order valence-corrected chi connectivity index (χ1v) is 6.63. The summed E-state index contributed by atoms with van der Waals surface area (Å²) in [7, 11) is 0. The smallest absolute Gasteiger partial charge is 0.115 e. The van der Waals surface area contributed by atoms with Crippen LogP contribution in [0.5, 0.6) is 0 Å². The van der Waals surface area contributed by atoms with Gasteiger partial charge in [-0.3, -0.25) is 4.98 Å². The minimum absolute atomic E-state index is 0.586. The molecular formula is C16H17N3. The summed E-state index contributed by atoms with van der Waals surface area (Å²) in [6.07, 6.45) is 4.86. The lowest BCUT2D eigenvalue weighted by molar-refractivity contribution is 0.619. The maximum atomic E-state index is 4.80. The molecule has 0 radical (unpaired) electrons. The molecule has 0 saturated heterocycles. The summed E-state index contributed by atoms with van der Waals surface area (Å²) >= 11 is 0. The molecule has 0 N–H and O–H groups in total. The number of nitrogens with zero attached hydrogens (tertiary/aromatic N) is 3. The Bertz CT molecular complexity index is 684. The summed E-state index contributed by atoms with van der Waals surface area (Å²) in [4.78, 5) is 9.22. The van der Waals surface area contributed by atoms with E-state index in [4.69, 9.17) is 4.98 Å². The molecular weight excluding hydrogens is 234 g/mol. The van der Waals surface area contributed by atoms with Crippen LogP contribution in [-0.4, -0.2) is 14.4 Å². The van der Waals surface area contributed by atoms with Gasteiger partial charge in [0.2, 0.25) is 0 Å². The maximum absolute atomic E-state index is 4.80. The van der Waals surface area contributed by atoms with Gasteiger partial charge < -0.3 is 4.40 Å². The molecule has 0 aliphatic rings. The van der Waals surface area contributed by atoms with E-state index < -0.39 is 0 Å². The molecule has 19 heavy (non-hydrogen) atoms. The fraction of sp³-hybridized carbons (Fsp3) is 0.250. The third kappa shape index (κ3) is 2.24. The number of hydrogen-bond donors (Lipinski definition) is 0. The van der Waals surface area contributed by atoms with Crippen LogP contribution >= 0.6 is 0 Å². The van der Waals surface area contributed by atoms with E-state index in [2.05, 4.69) is 35.5 Å². The second-order valence-electron chi connectivity index (χ2n) is 5.15. The molecule has 0 aromatic carbocycles. The van der Waals surface area contributed by atoms with Gasteiger partial charge in [0, 0.05) is 18.8 Å². The fourth-order valence-electron chi connectivity index (χ4n) is 2.30. The topological polar surface area (TPSA) is 30.2 Å². The van der Waals surface area contributed by atoms with Crippen LogP contribution in [-0.2, 0) is 6.42 Å². The molecule has 96 valence electrons. The highest BCUT2D eigenvalue weighted by Gasteiger charge is 2.13. The van der Waals surface area contributed by atoms with E-state index >= 15 is 0 Å². The first-order chi connectivity index (χ1) is 9.25. The van der Waals surface area contributed by atoms with Crippen molar-refractivity contribution in [2.24, 2.45) is 5.92 Å². The van der Waals surface area contributed by atoms with Crippen LogP contribution in [0.2, 0.25) is 0 Å². The molecule has 0 saturated carbocycles. The second-order valence-corrected chi connectivity index (χ2v) is 5.15. The minimum atomic E-state index is 0.586. The van der Waals surface area contributed by atoms with Crippen molar-refractivity contribution in [1.82, 2.24) is 14.4 Å². The average Bonchev–Trinajstić information content (AvgIpc) is 2.78. The van der Waals surface area contributed by atoms with Crippen molar-refractivity contribution in [1.29, 1.82) is 0 Å². The van der Waals surface area contributed by atoms with Gasteiger partial charge in [-0.05, 0) is 30.2 Å². The zero-order chi connectivity index (χ0) is 13.2. The molecule has 0 bridgehead atoms. The Labute approximate surface area is 113 Å². The lowest BCUT2D eigenvalue weighted by atomic mass is 10.1. The van der Waals surface area contributed by atoms with E-state index in [0.717, 1.165) is 29.1 Å². The highest BCUT2D eigenvalue weighted by Crippen LogP contribution is 2.24. The number of imidazole rings is 1. The lowest BCUT2D eigenvalue weighted by Crippen LogP contribution is -1.99. The van der Waals surface area contributed by atoms with E-state index in [1.165, 1.54) is 0 Å². The van der Waals surface area contributed by atoms with Gasteiger partial charge in [-0.1, -0.05) is 26.0 Å². The summed E-state index contributed by atoms with van der Waals surface area (Å²) in [5.74, 6) is 1.69. The van der Waals surface area contributed by atoms with Gasteiger partial charge >= 0.3 is 0 Å². The van der Waals surface area contributed by atoms with Crippen molar-refractivity contribution >= 4 is 5.52 Å². The third-order valence-corrected chi connectivity index (χ3v) is 3.12. The van der Waals surface area contributed by atoms with Crippen molar-refractivity contribution in [3.63, 3.8) is 0 Å². The maximum Gasteiger partial charge on any atom is 0.115 e. The molecule has 3 heteroatoms. The van der Waals surface area contributed by atoms with Crippen LogP contribution in [0.15, 0.2) is 48.8 Å². The van der Waals surface area contributed by atoms with Crippen LogP contribution in [0.3, 0.4) is 0 Å². The fourth-order valence-corrected chi connectivity index (χ4v) is 2.30. The molecule has 3 rings (SSSR count). The van der Waals surface area contributed by atoms with Gasteiger partial charge in [-0.2, -0.15) is 0 Å². The van der Waals surface area contributed by atoms with Crippen LogP contribution < -0.4 is 0 Å². The normalized spacial score (nSPS) is 11.3. The first-order valence-electron chi connectivity index (χ1n) is 6.63. The van der Waals surface area contributed by atoms with Gasteiger partial charge in [-0.15, -0.1) is 0 Å². The predicted octanol–water partition coefficient (Wildman–Crippen LogP) is 3.59. The van der Waals surface area contributed by atoms with Crippen LogP contribution in [0, 0.1) is 5.92 Å². The van der Waals surface area contributed by atoms with E-state index in [0.29, 0.717) is 5.92 Å². The Hall–Kier alpha value is -2.16. The summed E-state index contributed by atoms with van der Waals surface area (Å²) in [6, 6.07) is 12.1. The Morgan fingerprint density at radius 3 is 2.68 bits per heavy atom. The van der Waals surface area contributed by atoms with E-state index in [1.807, 2.05) is 36.5 Å². The van der Waals surface area contributed by atoms with Gasteiger partial charge in [-0.25, -0.2) is 4.98 Å².